The molecule has 1 aliphatic heterocycles. The van der Waals surface area contributed by atoms with Crippen molar-refractivity contribution in [3.05, 3.63) is 54.0 Å². The van der Waals surface area contributed by atoms with E-state index in [1.807, 2.05) is 48.1 Å². The van der Waals surface area contributed by atoms with Gasteiger partial charge in [0.2, 0.25) is 0 Å². The number of aromatic nitrogens is 2. The molecule has 1 fully saturated rings. The molecule has 1 aliphatic rings. The average molecular weight is 375 g/mol. The Morgan fingerprint density at radius 1 is 1.38 bits per heavy atom. The highest BCUT2D eigenvalue weighted by Crippen LogP contribution is 2.24. The van der Waals surface area contributed by atoms with Crippen molar-refractivity contribution < 1.29 is 9.21 Å². The highest BCUT2D eigenvalue weighted by molar-refractivity contribution is 5.92. The topological polar surface area (TPSA) is 72.1 Å². The molecular weight excluding hydrogens is 352 g/mol. The van der Waals surface area contributed by atoms with Gasteiger partial charge in [0.15, 0.2) is 0 Å². The summed E-state index contributed by atoms with van der Waals surface area (Å²) >= 11 is 0. The number of halogens is 1. The number of furan rings is 1. The minimum Gasteiger partial charge on any atom is -0.459 e. The highest BCUT2D eigenvalue weighted by atomic mass is 35.5. The first-order chi connectivity index (χ1) is 12.2. The number of hydrogen-bond donors (Lipinski definition) is 2. The number of fused-ring (bicyclic) bond motifs is 1. The van der Waals surface area contributed by atoms with Crippen molar-refractivity contribution >= 4 is 29.3 Å². The zero-order valence-electron chi connectivity index (χ0n) is 14.6. The molecule has 26 heavy (non-hydrogen) atoms. The van der Waals surface area contributed by atoms with Crippen LogP contribution in [-0.2, 0) is 0 Å². The molecule has 4 rings (SSSR count). The lowest BCUT2D eigenvalue weighted by molar-refractivity contribution is 0.0929. The number of benzene rings is 1. The molecule has 2 unspecified atom stereocenters. The number of para-hydroxylation sites is 1. The molecule has 2 aromatic heterocycles. The van der Waals surface area contributed by atoms with Crippen LogP contribution in [-0.4, -0.2) is 28.8 Å². The van der Waals surface area contributed by atoms with Crippen molar-refractivity contribution in [2.45, 2.75) is 31.8 Å². The molecule has 0 spiro atoms. The second kappa shape index (κ2) is 7.93. The molecule has 0 radical (unpaired) electrons. The van der Waals surface area contributed by atoms with E-state index < -0.39 is 0 Å². The lowest BCUT2D eigenvalue weighted by atomic mass is 10.1. The number of rotatable bonds is 4. The van der Waals surface area contributed by atoms with Gasteiger partial charge in [-0.05, 0) is 44.5 Å². The average Bonchev–Trinajstić information content (AvgIpc) is 3.29. The van der Waals surface area contributed by atoms with E-state index in [9.17, 15) is 4.79 Å². The van der Waals surface area contributed by atoms with Gasteiger partial charge in [-0.3, -0.25) is 9.48 Å². The van der Waals surface area contributed by atoms with Crippen molar-refractivity contribution in [3.63, 3.8) is 0 Å². The predicted molar refractivity (Wildman–Crippen MR) is 103 cm³/mol. The lowest BCUT2D eigenvalue weighted by Gasteiger charge is -2.22. The second-order valence-electron chi connectivity index (χ2n) is 6.56. The molecular formula is C19H23ClN4O2. The molecule has 2 N–H and O–H groups in total. The molecule has 0 aliphatic carbocycles. The third-order valence-electron chi connectivity index (χ3n) is 4.70. The molecule has 1 aromatic carbocycles. The number of nitrogens with zero attached hydrogens (tertiary/aromatic N) is 2. The minimum atomic E-state index is -0.221. The van der Waals surface area contributed by atoms with Gasteiger partial charge in [-0.2, -0.15) is 5.10 Å². The van der Waals surface area contributed by atoms with E-state index in [-0.39, 0.29) is 24.4 Å². The quantitative estimate of drug-likeness (QED) is 0.733. The zero-order valence-corrected chi connectivity index (χ0v) is 15.5. The fourth-order valence-corrected chi connectivity index (χ4v) is 3.28. The summed E-state index contributed by atoms with van der Waals surface area (Å²) in [7, 11) is 0. The summed E-state index contributed by atoms with van der Waals surface area (Å²) in [4.78, 5) is 12.5. The van der Waals surface area contributed by atoms with Gasteiger partial charge >= 0.3 is 0 Å². The summed E-state index contributed by atoms with van der Waals surface area (Å²) in [6.07, 6.45) is 4.11. The van der Waals surface area contributed by atoms with Crippen LogP contribution in [0.3, 0.4) is 0 Å². The molecule has 1 amide bonds. The summed E-state index contributed by atoms with van der Waals surface area (Å²) in [5.41, 5.74) is 1.27. The Kier molecular flexibility index (Phi) is 5.64. The van der Waals surface area contributed by atoms with E-state index in [1.54, 1.807) is 6.07 Å². The maximum absolute atomic E-state index is 12.5. The molecule has 0 saturated carbocycles. The van der Waals surface area contributed by atoms with E-state index in [1.165, 1.54) is 0 Å². The standard InChI is InChI=1S/C19H22N4O2.ClH/c1-13(18-11-14-5-2-3-7-17(14)25-18)21-19(24)16-8-10-23(22-16)15-6-4-9-20-12-15;/h2-3,5,7-8,10-11,13,15,20H,4,6,9,12H2,1H3,(H,21,24);1H. The fraction of sp³-hybridized carbons (Fsp3) is 0.368. The van der Waals surface area contributed by atoms with Crippen LogP contribution >= 0.6 is 12.4 Å². The van der Waals surface area contributed by atoms with Gasteiger partial charge in [-0.15, -0.1) is 12.4 Å². The van der Waals surface area contributed by atoms with Crippen LogP contribution in [0.25, 0.3) is 11.0 Å². The maximum Gasteiger partial charge on any atom is 0.272 e. The Balaban J connectivity index is 0.00000196. The first-order valence-corrected chi connectivity index (χ1v) is 8.76. The van der Waals surface area contributed by atoms with Crippen molar-refractivity contribution in [2.75, 3.05) is 13.1 Å². The van der Waals surface area contributed by atoms with Crippen LogP contribution in [0, 0.1) is 0 Å². The Bertz CT molecular complexity index is 849. The van der Waals surface area contributed by atoms with Gasteiger partial charge in [0, 0.05) is 18.1 Å². The van der Waals surface area contributed by atoms with Crippen LogP contribution < -0.4 is 10.6 Å². The third kappa shape index (κ3) is 3.76. The zero-order chi connectivity index (χ0) is 17.2. The van der Waals surface area contributed by atoms with Crippen molar-refractivity contribution in [1.29, 1.82) is 0 Å². The summed E-state index contributed by atoms with van der Waals surface area (Å²) < 4.78 is 7.71. The molecule has 6 nitrogen and oxygen atoms in total. The Hall–Kier alpha value is -2.31. The number of hydrogen-bond acceptors (Lipinski definition) is 4. The van der Waals surface area contributed by atoms with E-state index >= 15 is 0 Å². The molecule has 3 heterocycles. The third-order valence-corrected chi connectivity index (χ3v) is 4.70. The predicted octanol–water partition coefficient (Wildman–Crippen LogP) is 3.47. The van der Waals surface area contributed by atoms with Crippen LogP contribution in [0.5, 0.6) is 0 Å². The monoisotopic (exact) mass is 374 g/mol. The van der Waals surface area contributed by atoms with Gasteiger partial charge in [0.05, 0.1) is 12.1 Å². The number of nitrogens with one attached hydrogen (secondary N) is 2. The Labute approximate surface area is 158 Å². The SMILES string of the molecule is CC(NC(=O)c1ccn(C2CCCNC2)n1)c1cc2ccccc2o1.Cl. The van der Waals surface area contributed by atoms with Gasteiger partial charge in [0.1, 0.15) is 17.0 Å². The normalized spacial score (nSPS) is 18.3. The number of amides is 1. The fourth-order valence-electron chi connectivity index (χ4n) is 3.28. The van der Waals surface area contributed by atoms with Crippen molar-refractivity contribution in [3.8, 4) is 0 Å². The van der Waals surface area contributed by atoms with Gasteiger partial charge in [-0.25, -0.2) is 0 Å². The van der Waals surface area contributed by atoms with E-state index in [2.05, 4.69) is 15.7 Å². The van der Waals surface area contributed by atoms with E-state index in [4.69, 9.17) is 4.42 Å². The molecule has 2 atom stereocenters. The smallest absolute Gasteiger partial charge is 0.272 e. The molecule has 7 heteroatoms. The van der Waals surface area contributed by atoms with E-state index in [0.717, 1.165) is 42.7 Å². The van der Waals surface area contributed by atoms with Crippen molar-refractivity contribution in [2.24, 2.45) is 0 Å². The highest BCUT2D eigenvalue weighted by Gasteiger charge is 2.20. The van der Waals surface area contributed by atoms with Crippen molar-refractivity contribution in [1.82, 2.24) is 20.4 Å². The second-order valence-corrected chi connectivity index (χ2v) is 6.56. The maximum atomic E-state index is 12.5. The van der Waals surface area contributed by atoms with Crippen LogP contribution in [0.2, 0.25) is 0 Å². The van der Waals surface area contributed by atoms with Crippen LogP contribution in [0.15, 0.2) is 47.0 Å². The summed E-state index contributed by atoms with van der Waals surface area (Å²) in [6, 6.07) is 11.7. The Morgan fingerprint density at radius 2 is 2.23 bits per heavy atom. The number of piperidine rings is 1. The minimum absolute atomic E-state index is 0. The van der Waals surface area contributed by atoms with Crippen LogP contribution in [0.1, 0.15) is 48.1 Å². The first-order valence-electron chi connectivity index (χ1n) is 8.76. The molecule has 0 bridgehead atoms. The van der Waals surface area contributed by atoms with Gasteiger partial charge in [0.25, 0.3) is 5.91 Å². The summed E-state index contributed by atoms with van der Waals surface area (Å²) in [5.74, 6) is 0.556. The molecule has 138 valence electrons. The molecule has 3 aromatic rings. The largest absolute Gasteiger partial charge is 0.459 e. The summed E-state index contributed by atoms with van der Waals surface area (Å²) in [6.45, 7) is 3.87. The number of carbonyl (C=O) groups excluding carboxylic acids is 1. The van der Waals surface area contributed by atoms with Crippen LogP contribution in [0.4, 0.5) is 0 Å². The Morgan fingerprint density at radius 3 is 3.00 bits per heavy atom. The van der Waals surface area contributed by atoms with E-state index in [0.29, 0.717) is 11.7 Å². The van der Waals surface area contributed by atoms with Gasteiger partial charge in [-0.1, -0.05) is 18.2 Å². The van der Waals surface area contributed by atoms with Gasteiger partial charge < -0.3 is 15.1 Å². The molecule has 1 saturated heterocycles. The summed E-state index contributed by atoms with van der Waals surface area (Å²) in [5, 5.41) is 11.8. The first kappa shape index (κ1) is 18.5. The lowest BCUT2D eigenvalue weighted by Crippen LogP contribution is -2.32. The number of carbonyl (C=O) groups is 1.